The predicted molar refractivity (Wildman–Crippen MR) is 57.4 cm³/mol. The summed E-state index contributed by atoms with van der Waals surface area (Å²) in [6, 6.07) is 0. The number of fused-ring (bicyclic) bond motifs is 1. The van der Waals surface area contributed by atoms with E-state index in [2.05, 4.69) is 8.92 Å². The molecule has 0 radical (unpaired) electrons. The first-order valence-electron chi connectivity index (χ1n) is 5.94. The van der Waals surface area contributed by atoms with E-state index in [1.807, 2.05) is 0 Å². The third-order valence-electron chi connectivity index (χ3n) is 3.80. The topological polar surface area (TPSA) is 105 Å². The van der Waals surface area contributed by atoms with Crippen molar-refractivity contribution in [3.05, 3.63) is 0 Å². The maximum atomic E-state index is 13.5. The standard InChI is InChI=1S/C10H10F2O8S/c1-17-21(15,16)10(11,12)9(14)20-6-4-2-3-5(18-4)7(6)19-8(3)13/h3-7H,2H2,1H3. The van der Waals surface area contributed by atoms with Crippen LogP contribution in [0.4, 0.5) is 8.78 Å². The molecule has 0 amide bonds. The summed E-state index contributed by atoms with van der Waals surface area (Å²) in [5.74, 6) is -3.31. The molecule has 8 nitrogen and oxygen atoms in total. The minimum Gasteiger partial charge on any atom is -0.455 e. The Bertz CT molecular complexity index is 602. The average molecular weight is 328 g/mol. The maximum Gasteiger partial charge on any atom is 0.466 e. The van der Waals surface area contributed by atoms with Crippen molar-refractivity contribution in [2.75, 3.05) is 7.11 Å². The molecule has 3 saturated heterocycles. The molecule has 21 heavy (non-hydrogen) atoms. The molecule has 0 saturated carbocycles. The van der Waals surface area contributed by atoms with Crippen LogP contribution in [0.15, 0.2) is 0 Å². The highest BCUT2D eigenvalue weighted by molar-refractivity contribution is 7.88. The zero-order valence-corrected chi connectivity index (χ0v) is 11.3. The zero-order valence-electron chi connectivity index (χ0n) is 10.5. The van der Waals surface area contributed by atoms with Gasteiger partial charge in [0.2, 0.25) is 0 Å². The molecule has 5 unspecified atom stereocenters. The summed E-state index contributed by atoms with van der Waals surface area (Å²) in [4.78, 5) is 22.9. The number of alkyl halides is 2. The number of carbonyl (C=O) groups is 2. The lowest BCUT2D eigenvalue weighted by molar-refractivity contribution is -0.175. The van der Waals surface area contributed by atoms with Gasteiger partial charge < -0.3 is 14.2 Å². The third-order valence-corrected chi connectivity index (χ3v) is 5.03. The Morgan fingerprint density at radius 1 is 1.38 bits per heavy atom. The molecule has 3 fully saturated rings. The Labute approximate surface area is 117 Å². The Morgan fingerprint density at radius 2 is 2.05 bits per heavy atom. The third kappa shape index (κ3) is 1.87. The molecule has 118 valence electrons. The minimum atomic E-state index is -5.43. The molecule has 0 aromatic rings. The van der Waals surface area contributed by atoms with E-state index in [0.29, 0.717) is 7.11 Å². The van der Waals surface area contributed by atoms with Crippen molar-refractivity contribution in [3.8, 4) is 0 Å². The highest BCUT2D eigenvalue weighted by Gasteiger charge is 2.66. The monoisotopic (exact) mass is 328 g/mol. The Hall–Kier alpha value is -1.33. The molecule has 5 atom stereocenters. The average Bonchev–Trinajstić information content (AvgIpc) is 3.02. The first-order chi connectivity index (χ1) is 9.69. The zero-order chi connectivity index (χ0) is 15.6. The summed E-state index contributed by atoms with van der Waals surface area (Å²) in [7, 11) is -4.93. The number of ether oxygens (including phenoxy) is 3. The molecular weight excluding hydrogens is 318 g/mol. The molecule has 0 aromatic carbocycles. The normalized spacial score (nSPS) is 37.7. The SMILES string of the molecule is COS(=O)(=O)C(F)(F)C(=O)OC1C2CC3C(=O)OC1C3O2. The van der Waals surface area contributed by atoms with Crippen molar-refractivity contribution in [1.82, 2.24) is 0 Å². The van der Waals surface area contributed by atoms with E-state index in [1.165, 1.54) is 0 Å². The molecule has 3 rings (SSSR count). The van der Waals surface area contributed by atoms with E-state index in [4.69, 9.17) is 9.47 Å². The number of esters is 2. The number of halogens is 2. The van der Waals surface area contributed by atoms with Crippen molar-refractivity contribution in [2.24, 2.45) is 5.92 Å². The first-order valence-corrected chi connectivity index (χ1v) is 7.35. The summed E-state index contributed by atoms with van der Waals surface area (Å²) < 4.78 is 67.4. The van der Waals surface area contributed by atoms with Gasteiger partial charge in [-0.3, -0.25) is 8.98 Å². The fourth-order valence-electron chi connectivity index (χ4n) is 2.78. The molecule has 3 aliphatic rings. The summed E-state index contributed by atoms with van der Waals surface area (Å²) in [6.45, 7) is 0. The van der Waals surface area contributed by atoms with Gasteiger partial charge in [0.25, 0.3) is 0 Å². The van der Waals surface area contributed by atoms with Crippen LogP contribution in [0, 0.1) is 5.92 Å². The highest BCUT2D eigenvalue weighted by Crippen LogP contribution is 2.47. The molecule has 3 heterocycles. The summed E-state index contributed by atoms with van der Waals surface area (Å²) in [6.07, 6.45) is -3.45. The van der Waals surface area contributed by atoms with E-state index in [0.717, 1.165) is 0 Å². The van der Waals surface area contributed by atoms with Crippen LogP contribution in [-0.4, -0.2) is 57.1 Å². The number of hydrogen-bond donors (Lipinski definition) is 0. The molecule has 0 aliphatic carbocycles. The summed E-state index contributed by atoms with van der Waals surface area (Å²) in [5, 5.41) is -4.86. The fraction of sp³-hybridized carbons (Fsp3) is 0.800. The molecular formula is C10H10F2O8S. The van der Waals surface area contributed by atoms with Crippen LogP contribution in [0.2, 0.25) is 0 Å². The van der Waals surface area contributed by atoms with Gasteiger partial charge in [0.15, 0.2) is 12.2 Å². The lowest BCUT2D eigenvalue weighted by atomic mass is 9.88. The molecule has 11 heteroatoms. The Kier molecular flexibility index (Phi) is 3.01. The smallest absolute Gasteiger partial charge is 0.455 e. The predicted octanol–water partition coefficient (Wildman–Crippen LogP) is -0.820. The van der Waals surface area contributed by atoms with Crippen molar-refractivity contribution in [3.63, 3.8) is 0 Å². The Balaban J connectivity index is 1.77. The van der Waals surface area contributed by atoms with E-state index >= 15 is 0 Å². The second kappa shape index (κ2) is 4.34. The van der Waals surface area contributed by atoms with Gasteiger partial charge in [-0.05, 0) is 6.42 Å². The van der Waals surface area contributed by atoms with Crippen LogP contribution in [0.3, 0.4) is 0 Å². The fourth-order valence-corrected chi connectivity index (χ4v) is 3.24. The van der Waals surface area contributed by atoms with Crippen LogP contribution in [-0.2, 0) is 38.1 Å². The number of rotatable bonds is 4. The van der Waals surface area contributed by atoms with Crippen molar-refractivity contribution in [1.29, 1.82) is 0 Å². The van der Waals surface area contributed by atoms with Gasteiger partial charge >= 0.3 is 27.3 Å². The van der Waals surface area contributed by atoms with Gasteiger partial charge in [-0.15, -0.1) is 0 Å². The quantitative estimate of drug-likeness (QED) is 0.487. The van der Waals surface area contributed by atoms with Gasteiger partial charge in [0.05, 0.1) is 19.1 Å². The van der Waals surface area contributed by atoms with Crippen LogP contribution in [0.25, 0.3) is 0 Å². The largest absolute Gasteiger partial charge is 0.466 e. The van der Waals surface area contributed by atoms with E-state index in [9.17, 15) is 26.8 Å². The van der Waals surface area contributed by atoms with Gasteiger partial charge in [-0.25, -0.2) is 4.79 Å². The molecule has 0 aromatic heterocycles. The number of carbonyl (C=O) groups excluding carboxylic acids is 2. The maximum absolute atomic E-state index is 13.5. The lowest BCUT2D eigenvalue weighted by Crippen LogP contribution is -2.46. The van der Waals surface area contributed by atoms with Gasteiger partial charge in [0, 0.05) is 0 Å². The van der Waals surface area contributed by atoms with Crippen molar-refractivity contribution in [2.45, 2.75) is 36.1 Å². The van der Waals surface area contributed by atoms with Crippen LogP contribution in [0.5, 0.6) is 0 Å². The summed E-state index contributed by atoms with van der Waals surface area (Å²) in [5.41, 5.74) is 0. The van der Waals surface area contributed by atoms with E-state index < -0.39 is 57.6 Å². The molecule has 3 aliphatic heterocycles. The molecule has 0 N–H and O–H groups in total. The second-order valence-electron chi connectivity index (χ2n) is 4.89. The second-order valence-corrected chi connectivity index (χ2v) is 6.64. The van der Waals surface area contributed by atoms with Crippen LogP contribution < -0.4 is 0 Å². The Morgan fingerprint density at radius 3 is 2.67 bits per heavy atom. The van der Waals surface area contributed by atoms with E-state index in [-0.39, 0.29) is 6.42 Å². The van der Waals surface area contributed by atoms with Crippen molar-refractivity contribution >= 4 is 22.1 Å². The van der Waals surface area contributed by atoms with Crippen LogP contribution in [0.1, 0.15) is 6.42 Å². The molecule has 2 bridgehead atoms. The molecule has 0 spiro atoms. The van der Waals surface area contributed by atoms with Gasteiger partial charge in [-0.2, -0.15) is 17.2 Å². The highest BCUT2D eigenvalue weighted by atomic mass is 32.2. The first kappa shape index (κ1) is 14.6. The van der Waals surface area contributed by atoms with Crippen molar-refractivity contribution < 1.29 is 45.2 Å². The van der Waals surface area contributed by atoms with E-state index in [1.54, 1.807) is 0 Å². The minimum absolute atomic E-state index is 0.181. The van der Waals surface area contributed by atoms with Gasteiger partial charge in [0.1, 0.15) is 6.10 Å². The summed E-state index contributed by atoms with van der Waals surface area (Å²) >= 11 is 0. The van der Waals surface area contributed by atoms with Crippen LogP contribution >= 0.6 is 0 Å². The number of hydrogen-bond acceptors (Lipinski definition) is 8. The lowest BCUT2D eigenvalue weighted by Gasteiger charge is -2.24. The van der Waals surface area contributed by atoms with Gasteiger partial charge in [-0.1, -0.05) is 0 Å².